The molecule has 1 saturated heterocycles. The maximum absolute atomic E-state index is 12.6. The van der Waals surface area contributed by atoms with Crippen LogP contribution in [0.1, 0.15) is 34.5 Å². The molecule has 2 atom stereocenters. The van der Waals surface area contributed by atoms with Crippen molar-refractivity contribution < 1.29 is 4.79 Å². The predicted molar refractivity (Wildman–Crippen MR) is 77.8 cm³/mol. The maximum Gasteiger partial charge on any atom is 0.261 e. The molecular formula is C16H20N2O2. The van der Waals surface area contributed by atoms with Gasteiger partial charge in [-0.15, -0.1) is 0 Å². The third-order valence-corrected chi connectivity index (χ3v) is 4.49. The summed E-state index contributed by atoms with van der Waals surface area (Å²) < 4.78 is 0. The number of rotatable bonds is 1. The lowest BCUT2D eigenvalue weighted by Gasteiger charge is -2.17. The summed E-state index contributed by atoms with van der Waals surface area (Å²) >= 11 is 0. The van der Waals surface area contributed by atoms with E-state index < -0.39 is 0 Å². The number of carbonyl (C=O) groups is 1. The first kappa shape index (κ1) is 13.2. The molecule has 0 radical (unpaired) electrons. The molecule has 0 aromatic carbocycles. The standard InChI is InChI=1S/C16H20N2O2/c1-10-7-11(2)17-15(19)14(10)16(20)18-8-12-5-3-4-6-13(12)9-18/h3-4,7,12-13H,5-6,8-9H2,1-2H3,(H,17,19). The van der Waals surface area contributed by atoms with Gasteiger partial charge in [-0.2, -0.15) is 0 Å². The lowest BCUT2D eigenvalue weighted by molar-refractivity contribution is 0.0781. The average Bonchev–Trinajstić information content (AvgIpc) is 2.81. The fourth-order valence-electron chi connectivity index (χ4n) is 3.46. The molecule has 2 aliphatic rings. The van der Waals surface area contributed by atoms with Crippen LogP contribution >= 0.6 is 0 Å². The molecule has 20 heavy (non-hydrogen) atoms. The molecule has 4 heteroatoms. The van der Waals surface area contributed by atoms with Crippen LogP contribution in [0.4, 0.5) is 0 Å². The molecule has 106 valence electrons. The van der Waals surface area contributed by atoms with E-state index >= 15 is 0 Å². The van der Waals surface area contributed by atoms with Crippen molar-refractivity contribution in [2.45, 2.75) is 26.7 Å². The Hall–Kier alpha value is -1.84. The fourth-order valence-corrected chi connectivity index (χ4v) is 3.46. The molecule has 0 saturated carbocycles. The van der Waals surface area contributed by atoms with Gasteiger partial charge in [0.05, 0.1) is 0 Å². The van der Waals surface area contributed by atoms with Gasteiger partial charge in [-0.05, 0) is 50.2 Å². The first-order chi connectivity index (χ1) is 9.56. The van der Waals surface area contributed by atoms with Crippen LogP contribution in [0.5, 0.6) is 0 Å². The van der Waals surface area contributed by atoms with Crippen LogP contribution in [0.25, 0.3) is 0 Å². The smallest absolute Gasteiger partial charge is 0.261 e. The molecule has 1 aliphatic carbocycles. The Morgan fingerprint density at radius 2 is 1.80 bits per heavy atom. The van der Waals surface area contributed by atoms with E-state index in [1.54, 1.807) is 0 Å². The Kier molecular flexibility index (Phi) is 3.24. The number of carbonyl (C=O) groups excluding carboxylic acids is 1. The number of H-pyrrole nitrogens is 1. The maximum atomic E-state index is 12.6. The lowest BCUT2D eigenvalue weighted by atomic mass is 9.86. The van der Waals surface area contributed by atoms with E-state index in [9.17, 15) is 9.59 Å². The summed E-state index contributed by atoms with van der Waals surface area (Å²) in [5.41, 5.74) is 1.61. The van der Waals surface area contributed by atoms with E-state index in [1.807, 2.05) is 24.8 Å². The minimum absolute atomic E-state index is 0.113. The SMILES string of the molecule is Cc1cc(C)c(C(=O)N2CC3CC=CCC3C2)c(=O)[nH]1. The number of hydrogen-bond donors (Lipinski definition) is 1. The number of allylic oxidation sites excluding steroid dienone is 2. The molecule has 0 bridgehead atoms. The minimum Gasteiger partial charge on any atom is -0.338 e. The largest absolute Gasteiger partial charge is 0.338 e. The summed E-state index contributed by atoms with van der Waals surface area (Å²) in [4.78, 5) is 29.3. The van der Waals surface area contributed by atoms with E-state index in [1.165, 1.54) is 0 Å². The number of aromatic amines is 1. The molecule has 3 rings (SSSR count). The zero-order chi connectivity index (χ0) is 14.3. The number of pyridine rings is 1. The van der Waals surface area contributed by atoms with Crippen molar-refractivity contribution in [2.75, 3.05) is 13.1 Å². The van der Waals surface area contributed by atoms with Crippen LogP contribution in [0.3, 0.4) is 0 Å². The summed E-state index contributed by atoms with van der Waals surface area (Å²) in [6, 6.07) is 1.86. The van der Waals surface area contributed by atoms with Crippen molar-refractivity contribution in [1.29, 1.82) is 0 Å². The highest BCUT2D eigenvalue weighted by atomic mass is 16.2. The Balaban J connectivity index is 1.86. The molecule has 4 nitrogen and oxygen atoms in total. The van der Waals surface area contributed by atoms with Gasteiger partial charge in [0, 0.05) is 18.8 Å². The summed E-state index contributed by atoms with van der Waals surface area (Å²) in [5.74, 6) is 1.01. The number of aryl methyl sites for hydroxylation is 2. The zero-order valence-electron chi connectivity index (χ0n) is 12.0. The molecule has 1 N–H and O–H groups in total. The van der Waals surface area contributed by atoms with Crippen LogP contribution in [0.2, 0.25) is 0 Å². The molecular weight excluding hydrogens is 252 g/mol. The van der Waals surface area contributed by atoms with Crippen LogP contribution in [-0.2, 0) is 0 Å². The zero-order valence-corrected chi connectivity index (χ0v) is 12.0. The fraction of sp³-hybridized carbons (Fsp3) is 0.500. The number of aromatic nitrogens is 1. The van der Waals surface area contributed by atoms with Gasteiger partial charge in [0.15, 0.2) is 0 Å². The molecule has 2 heterocycles. The van der Waals surface area contributed by atoms with Gasteiger partial charge in [-0.1, -0.05) is 12.2 Å². The monoisotopic (exact) mass is 272 g/mol. The number of nitrogens with one attached hydrogen (secondary N) is 1. The van der Waals surface area contributed by atoms with Gasteiger partial charge in [0.1, 0.15) is 5.56 Å². The van der Waals surface area contributed by atoms with Crippen LogP contribution in [0, 0.1) is 25.7 Å². The van der Waals surface area contributed by atoms with E-state index in [2.05, 4.69) is 17.1 Å². The summed E-state index contributed by atoms with van der Waals surface area (Å²) in [6.07, 6.45) is 6.52. The quantitative estimate of drug-likeness (QED) is 0.795. The van der Waals surface area contributed by atoms with Gasteiger partial charge in [-0.25, -0.2) is 0 Å². The van der Waals surface area contributed by atoms with E-state index in [0.29, 0.717) is 17.4 Å². The van der Waals surface area contributed by atoms with Gasteiger partial charge in [-0.3, -0.25) is 9.59 Å². The highest BCUT2D eigenvalue weighted by Gasteiger charge is 2.36. The van der Waals surface area contributed by atoms with Crippen molar-refractivity contribution in [2.24, 2.45) is 11.8 Å². The molecule has 1 aromatic rings. The highest BCUT2D eigenvalue weighted by molar-refractivity contribution is 5.95. The Labute approximate surface area is 118 Å². The molecule has 1 amide bonds. The number of amides is 1. The third kappa shape index (κ3) is 2.19. The Morgan fingerprint density at radius 3 is 2.35 bits per heavy atom. The van der Waals surface area contributed by atoms with E-state index in [4.69, 9.17) is 0 Å². The first-order valence-corrected chi connectivity index (χ1v) is 7.21. The molecule has 1 fully saturated rings. The van der Waals surface area contributed by atoms with Crippen LogP contribution < -0.4 is 5.56 Å². The second-order valence-corrected chi connectivity index (χ2v) is 6.01. The van der Waals surface area contributed by atoms with Gasteiger partial charge >= 0.3 is 0 Å². The topological polar surface area (TPSA) is 53.2 Å². The Morgan fingerprint density at radius 1 is 1.20 bits per heavy atom. The molecule has 2 unspecified atom stereocenters. The van der Waals surface area contributed by atoms with Crippen LogP contribution in [0.15, 0.2) is 23.0 Å². The minimum atomic E-state index is -0.263. The van der Waals surface area contributed by atoms with Crippen molar-refractivity contribution >= 4 is 5.91 Å². The second-order valence-electron chi connectivity index (χ2n) is 6.01. The lowest BCUT2D eigenvalue weighted by Crippen LogP contribution is -2.34. The van der Waals surface area contributed by atoms with Crippen molar-refractivity contribution in [3.8, 4) is 0 Å². The van der Waals surface area contributed by atoms with Gasteiger partial charge < -0.3 is 9.88 Å². The van der Waals surface area contributed by atoms with Crippen molar-refractivity contribution in [3.63, 3.8) is 0 Å². The summed E-state index contributed by atoms with van der Waals surface area (Å²) in [6.45, 7) is 5.22. The Bertz CT molecular complexity index is 614. The predicted octanol–water partition coefficient (Wildman–Crippen LogP) is 2.03. The van der Waals surface area contributed by atoms with Crippen molar-refractivity contribution in [3.05, 3.63) is 45.4 Å². The van der Waals surface area contributed by atoms with Crippen LogP contribution in [-0.4, -0.2) is 28.9 Å². The molecule has 0 spiro atoms. The van der Waals surface area contributed by atoms with Gasteiger partial charge in [0.2, 0.25) is 0 Å². The number of hydrogen-bond acceptors (Lipinski definition) is 2. The second kappa shape index (κ2) is 4.93. The van der Waals surface area contributed by atoms with E-state index in [-0.39, 0.29) is 11.5 Å². The number of likely N-dealkylation sites (tertiary alicyclic amines) is 1. The summed E-state index contributed by atoms with van der Waals surface area (Å²) in [7, 11) is 0. The molecule has 1 aliphatic heterocycles. The highest BCUT2D eigenvalue weighted by Crippen LogP contribution is 2.33. The third-order valence-electron chi connectivity index (χ3n) is 4.49. The van der Waals surface area contributed by atoms with Crippen molar-refractivity contribution in [1.82, 2.24) is 9.88 Å². The number of nitrogens with zero attached hydrogens (tertiary/aromatic N) is 1. The van der Waals surface area contributed by atoms with E-state index in [0.717, 1.165) is 37.2 Å². The average molecular weight is 272 g/mol. The normalized spacial score (nSPS) is 24.8. The van der Waals surface area contributed by atoms with Gasteiger partial charge in [0.25, 0.3) is 11.5 Å². The number of fused-ring (bicyclic) bond motifs is 1. The molecule has 1 aromatic heterocycles. The summed E-state index contributed by atoms with van der Waals surface area (Å²) in [5, 5.41) is 0. The first-order valence-electron chi connectivity index (χ1n) is 7.21.